The zero-order valence-corrected chi connectivity index (χ0v) is 13.5. The Balaban J connectivity index is 1.89. The molecule has 0 saturated carbocycles. The number of nitrogens with zero attached hydrogens (tertiary/aromatic N) is 4. The summed E-state index contributed by atoms with van der Waals surface area (Å²) in [6, 6.07) is 1.77. The van der Waals surface area contributed by atoms with Crippen LogP contribution in [-0.4, -0.2) is 71.9 Å². The van der Waals surface area contributed by atoms with Gasteiger partial charge in [-0.2, -0.15) is 9.40 Å². The van der Waals surface area contributed by atoms with Crippen molar-refractivity contribution < 1.29 is 8.42 Å². The summed E-state index contributed by atoms with van der Waals surface area (Å²) < 4.78 is 24.3. The predicted octanol–water partition coefficient (Wildman–Crippen LogP) is -0.349. The molecule has 0 aromatic carbocycles. The highest BCUT2D eigenvalue weighted by molar-refractivity contribution is 7.88. The van der Waals surface area contributed by atoms with Crippen molar-refractivity contribution in [3.8, 4) is 0 Å². The number of amidine groups is 2. The number of nitrogens with one attached hydrogen (secondary N) is 2. The first-order chi connectivity index (χ1) is 10.3. The van der Waals surface area contributed by atoms with E-state index in [0.29, 0.717) is 43.7 Å². The van der Waals surface area contributed by atoms with Gasteiger partial charge in [0.05, 0.1) is 12.7 Å². The second-order valence-electron chi connectivity index (χ2n) is 5.28. The van der Waals surface area contributed by atoms with Crippen LogP contribution < -0.4 is 5.73 Å². The van der Waals surface area contributed by atoms with Gasteiger partial charge in [0.1, 0.15) is 11.7 Å². The largest absolute Gasteiger partial charge is 0.387 e. The van der Waals surface area contributed by atoms with Gasteiger partial charge in [0, 0.05) is 37.9 Å². The molecule has 1 fully saturated rings. The summed E-state index contributed by atoms with van der Waals surface area (Å²) in [6.45, 7) is 3.61. The number of aromatic nitrogens is 2. The van der Waals surface area contributed by atoms with Crippen LogP contribution in [0.1, 0.15) is 12.1 Å². The van der Waals surface area contributed by atoms with Crippen molar-refractivity contribution in [3.05, 3.63) is 11.8 Å². The van der Waals surface area contributed by atoms with Gasteiger partial charge >= 0.3 is 0 Å². The van der Waals surface area contributed by atoms with Gasteiger partial charge in [-0.15, -0.1) is 0 Å². The van der Waals surface area contributed by atoms with Crippen LogP contribution in [0.15, 0.2) is 11.1 Å². The molecule has 1 aromatic rings. The van der Waals surface area contributed by atoms with Crippen LogP contribution in [0.3, 0.4) is 0 Å². The molecule has 1 aliphatic heterocycles. The van der Waals surface area contributed by atoms with Crippen LogP contribution >= 0.6 is 0 Å². The fraction of sp³-hybridized carbons (Fsp3) is 0.583. The van der Waals surface area contributed by atoms with E-state index in [4.69, 9.17) is 11.1 Å². The molecule has 0 spiro atoms. The van der Waals surface area contributed by atoms with Crippen molar-refractivity contribution in [2.75, 3.05) is 32.4 Å². The Bertz CT molecular complexity index is 671. The van der Waals surface area contributed by atoms with Crippen molar-refractivity contribution in [2.45, 2.75) is 13.3 Å². The van der Waals surface area contributed by atoms with E-state index in [9.17, 15) is 8.42 Å². The van der Waals surface area contributed by atoms with Crippen molar-refractivity contribution in [1.82, 2.24) is 19.4 Å². The van der Waals surface area contributed by atoms with E-state index >= 15 is 0 Å². The Hall–Kier alpha value is -1.94. The number of piperazine rings is 1. The van der Waals surface area contributed by atoms with E-state index in [0.717, 1.165) is 5.69 Å². The molecule has 0 unspecified atom stereocenters. The smallest absolute Gasteiger partial charge is 0.211 e. The third kappa shape index (κ3) is 4.28. The first-order valence-electron chi connectivity index (χ1n) is 6.88. The van der Waals surface area contributed by atoms with Crippen LogP contribution in [0.2, 0.25) is 0 Å². The molecule has 22 heavy (non-hydrogen) atoms. The average molecular weight is 327 g/mol. The molecule has 0 aliphatic carbocycles. The van der Waals surface area contributed by atoms with Gasteiger partial charge in [0.15, 0.2) is 5.82 Å². The van der Waals surface area contributed by atoms with Crippen LogP contribution in [0.4, 0.5) is 5.82 Å². The summed E-state index contributed by atoms with van der Waals surface area (Å²) in [5.41, 5.74) is 6.73. The minimum absolute atomic E-state index is 0.213. The maximum atomic E-state index is 11.5. The lowest BCUT2D eigenvalue weighted by Gasteiger charge is -2.34. The van der Waals surface area contributed by atoms with Crippen molar-refractivity contribution in [3.63, 3.8) is 0 Å². The van der Waals surface area contributed by atoms with Gasteiger partial charge in [0.25, 0.3) is 0 Å². The molecule has 2 rings (SSSR count). The van der Waals surface area contributed by atoms with E-state index in [2.05, 4.69) is 15.2 Å². The minimum Gasteiger partial charge on any atom is -0.387 e. The van der Waals surface area contributed by atoms with E-state index < -0.39 is 10.0 Å². The Labute approximate surface area is 129 Å². The Kier molecular flexibility index (Phi) is 4.81. The summed E-state index contributed by atoms with van der Waals surface area (Å²) in [6.07, 6.45) is 1.41. The lowest BCUT2D eigenvalue weighted by Crippen LogP contribution is -2.50. The van der Waals surface area contributed by atoms with E-state index in [1.807, 2.05) is 11.8 Å². The molecule has 0 amide bonds. The van der Waals surface area contributed by atoms with E-state index in [1.165, 1.54) is 10.6 Å². The highest BCUT2D eigenvalue weighted by Gasteiger charge is 2.24. The third-order valence-electron chi connectivity index (χ3n) is 3.39. The van der Waals surface area contributed by atoms with Gasteiger partial charge < -0.3 is 10.6 Å². The quantitative estimate of drug-likeness (QED) is 0.514. The fourth-order valence-electron chi connectivity index (χ4n) is 2.22. The minimum atomic E-state index is -3.16. The number of H-pyrrole nitrogens is 1. The highest BCUT2D eigenvalue weighted by atomic mass is 32.2. The topological polar surface area (TPSA) is 132 Å². The monoisotopic (exact) mass is 327 g/mol. The fourth-order valence-corrected chi connectivity index (χ4v) is 3.05. The van der Waals surface area contributed by atoms with Crippen LogP contribution in [0.25, 0.3) is 0 Å². The zero-order chi connectivity index (χ0) is 16.3. The third-order valence-corrected chi connectivity index (χ3v) is 4.69. The first kappa shape index (κ1) is 16.4. The van der Waals surface area contributed by atoms with Crippen LogP contribution in [0, 0.1) is 12.3 Å². The van der Waals surface area contributed by atoms with Gasteiger partial charge in [-0.25, -0.2) is 13.4 Å². The predicted molar refractivity (Wildman–Crippen MR) is 84.9 cm³/mol. The Morgan fingerprint density at radius 3 is 2.59 bits per heavy atom. The Morgan fingerprint density at radius 1 is 1.45 bits per heavy atom. The number of hydrogen-bond acceptors (Lipinski definition) is 5. The molecule has 1 aromatic heterocycles. The highest BCUT2D eigenvalue weighted by Crippen LogP contribution is 2.10. The standard InChI is InChI=1S/C12H21N7O2S/c1-9-7-12(17-16-9)15-10(13)8-11(14)18-3-5-19(6-4-18)22(2,20)21/h7,14H,3-6,8H2,1-2H3,(H3,13,15,16,17). The van der Waals surface area contributed by atoms with Crippen LogP contribution in [-0.2, 0) is 10.0 Å². The van der Waals surface area contributed by atoms with Gasteiger partial charge in [-0.05, 0) is 6.92 Å². The zero-order valence-electron chi connectivity index (χ0n) is 12.7. The second-order valence-corrected chi connectivity index (χ2v) is 7.27. The van der Waals surface area contributed by atoms with Gasteiger partial charge in [-0.3, -0.25) is 10.5 Å². The number of aliphatic imine (C=N–C) groups is 1. The van der Waals surface area contributed by atoms with Crippen molar-refractivity contribution in [1.29, 1.82) is 5.41 Å². The number of aryl methyl sites for hydroxylation is 1. The number of hydrogen-bond donors (Lipinski definition) is 3. The summed E-state index contributed by atoms with van der Waals surface area (Å²) in [4.78, 5) is 5.97. The average Bonchev–Trinajstić information content (AvgIpc) is 2.83. The summed E-state index contributed by atoms with van der Waals surface area (Å²) in [5.74, 6) is 1.13. The molecule has 1 aliphatic rings. The van der Waals surface area contributed by atoms with Crippen molar-refractivity contribution >= 4 is 27.5 Å². The van der Waals surface area contributed by atoms with E-state index in [-0.39, 0.29) is 6.42 Å². The normalized spacial score (nSPS) is 17.7. The summed E-state index contributed by atoms with van der Waals surface area (Å²) >= 11 is 0. The van der Waals surface area contributed by atoms with Crippen molar-refractivity contribution in [2.24, 2.45) is 10.7 Å². The summed E-state index contributed by atoms with van der Waals surface area (Å²) in [7, 11) is -3.16. The molecule has 2 heterocycles. The first-order valence-corrected chi connectivity index (χ1v) is 8.73. The van der Waals surface area contributed by atoms with Gasteiger partial charge in [0.2, 0.25) is 10.0 Å². The molecule has 122 valence electrons. The number of rotatable bonds is 4. The maximum Gasteiger partial charge on any atom is 0.211 e. The lowest BCUT2D eigenvalue weighted by molar-refractivity contribution is 0.264. The lowest BCUT2D eigenvalue weighted by atomic mass is 10.3. The number of nitrogens with two attached hydrogens (primary N) is 1. The Morgan fingerprint density at radius 2 is 2.09 bits per heavy atom. The molecule has 9 nitrogen and oxygen atoms in total. The SMILES string of the molecule is Cc1cc(N=C(N)CC(=N)N2CCN(S(C)(=O)=O)CC2)n[nH]1. The van der Waals surface area contributed by atoms with E-state index in [1.54, 1.807) is 6.07 Å². The summed E-state index contributed by atoms with van der Waals surface area (Å²) in [5, 5.41) is 14.8. The molecule has 1 saturated heterocycles. The number of aromatic amines is 1. The molecular formula is C12H21N7O2S. The molecule has 10 heteroatoms. The maximum absolute atomic E-state index is 11.5. The van der Waals surface area contributed by atoms with Gasteiger partial charge in [-0.1, -0.05) is 0 Å². The van der Waals surface area contributed by atoms with Crippen LogP contribution in [0.5, 0.6) is 0 Å². The number of sulfonamides is 1. The molecule has 4 N–H and O–H groups in total. The second kappa shape index (κ2) is 6.44. The molecule has 0 atom stereocenters. The molecular weight excluding hydrogens is 306 g/mol. The molecule has 0 radical (unpaired) electrons. The molecule has 0 bridgehead atoms.